The molecule has 2 rings (SSSR count). The van der Waals surface area contributed by atoms with Gasteiger partial charge in [-0.3, -0.25) is 5.41 Å². The molecule has 3 N–H and O–H groups in total. The Bertz CT molecular complexity index is 613. The van der Waals surface area contributed by atoms with E-state index in [-0.39, 0.29) is 10.9 Å². The number of benzene rings is 1. The SMILES string of the molecule is CCCCCCN1CCN(S(=O)(=O)c2ccc(N)cc2)C1=N. The summed E-state index contributed by atoms with van der Waals surface area (Å²) in [7, 11) is -3.66. The first-order valence-electron chi connectivity index (χ1n) is 7.68. The second kappa shape index (κ2) is 7.00. The number of guanidine groups is 1. The van der Waals surface area contributed by atoms with Crippen molar-refractivity contribution in [3.8, 4) is 0 Å². The van der Waals surface area contributed by atoms with Gasteiger partial charge in [-0.1, -0.05) is 26.2 Å². The number of nitrogens with zero attached hydrogens (tertiary/aromatic N) is 2. The van der Waals surface area contributed by atoms with Gasteiger partial charge in [0.2, 0.25) is 5.96 Å². The highest BCUT2D eigenvalue weighted by Gasteiger charge is 2.34. The van der Waals surface area contributed by atoms with Gasteiger partial charge in [0.25, 0.3) is 10.0 Å². The highest BCUT2D eigenvalue weighted by atomic mass is 32.2. The van der Waals surface area contributed by atoms with Crippen molar-refractivity contribution < 1.29 is 8.42 Å². The highest BCUT2D eigenvalue weighted by Crippen LogP contribution is 2.21. The largest absolute Gasteiger partial charge is 0.399 e. The molecule has 0 saturated carbocycles. The zero-order valence-corrected chi connectivity index (χ0v) is 13.8. The van der Waals surface area contributed by atoms with Crippen molar-refractivity contribution in [2.75, 3.05) is 25.4 Å². The highest BCUT2D eigenvalue weighted by molar-refractivity contribution is 7.89. The molecule has 0 unspecified atom stereocenters. The minimum Gasteiger partial charge on any atom is -0.399 e. The average molecular weight is 324 g/mol. The van der Waals surface area contributed by atoms with E-state index in [1.54, 1.807) is 12.1 Å². The van der Waals surface area contributed by atoms with Crippen LogP contribution in [0.25, 0.3) is 0 Å². The Morgan fingerprint density at radius 2 is 1.82 bits per heavy atom. The fourth-order valence-corrected chi connectivity index (χ4v) is 3.93. The van der Waals surface area contributed by atoms with Crippen molar-refractivity contribution >= 4 is 21.7 Å². The van der Waals surface area contributed by atoms with Gasteiger partial charge in [-0.05, 0) is 30.7 Å². The van der Waals surface area contributed by atoms with Gasteiger partial charge in [0.05, 0.1) is 11.4 Å². The number of nitrogen functional groups attached to an aromatic ring is 1. The number of anilines is 1. The lowest BCUT2D eigenvalue weighted by Gasteiger charge is -2.21. The third-order valence-corrected chi connectivity index (χ3v) is 5.66. The van der Waals surface area contributed by atoms with Crippen LogP contribution in [0.4, 0.5) is 5.69 Å². The van der Waals surface area contributed by atoms with Crippen LogP contribution in [0.3, 0.4) is 0 Å². The number of hydrogen-bond acceptors (Lipinski definition) is 4. The van der Waals surface area contributed by atoms with Crippen LogP contribution in [0.5, 0.6) is 0 Å². The minimum atomic E-state index is -3.66. The molecule has 122 valence electrons. The van der Waals surface area contributed by atoms with Gasteiger partial charge in [0.1, 0.15) is 0 Å². The molecule has 0 aromatic heterocycles. The summed E-state index contributed by atoms with van der Waals surface area (Å²) in [6.07, 6.45) is 4.45. The Kier molecular flexibility index (Phi) is 5.28. The Hall–Kier alpha value is -1.76. The van der Waals surface area contributed by atoms with Crippen molar-refractivity contribution in [1.82, 2.24) is 9.21 Å². The molecule has 1 aliphatic heterocycles. The second-order valence-corrected chi connectivity index (χ2v) is 7.38. The van der Waals surface area contributed by atoms with Gasteiger partial charge in [-0.15, -0.1) is 0 Å². The molecule has 1 heterocycles. The molecule has 1 aromatic carbocycles. The topological polar surface area (TPSA) is 90.5 Å². The van der Waals surface area contributed by atoms with E-state index in [1.165, 1.54) is 22.9 Å². The Morgan fingerprint density at radius 3 is 2.45 bits per heavy atom. The first-order valence-corrected chi connectivity index (χ1v) is 9.12. The number of unbranched alkanes of at least 4 members (excludes halogenated alkanes) is 3. The summed E-state index contributed by atoms with van der Waals surface area (Å²) in [5, 5.41) is 8.14. The van der Waals surface area contributed by atoms with Gasteiger partial charge in [-0.2, -0.15) is 0 Å². The summed E-state index contributed by atoms with van der Waals surface area (Å²) in [5.41, 5.74) is 6.11. The number of sulfonamides is 1. The van der Waals surface area contributed by atoms with E-state index in [9.17, 15) is 8.42 Å². The minimum absolute atomic E-state index is 0.0772. The Balaban J connectivity index is 2.03. The third kappa shape index (κ3) is 3.52. The quantitative estimate of drug-likeness (QED) is 0.593. The fourth-order valence-electron chi connectivity index (χ4n) is 2.53. The van der Waals surface area contributed by atoms with Crippen molar-refractivity contribution in [2.45, 2.75) is 37.5 Å². The number of nitrogens with two attached hydrogens (primary N) is 1. The molecule has 0 amide bonds. The molecule has 0 spiro atoms. The van der Waals surface area contributed by atoms with Crippen LogP contribution < -0.4 is 5.73 Å². The summed E-state index contributed by atoms with van der Waals surface area (Å²) >= 11 is 0. The van der Waals surface area contributed by atoms with Crippen LogP contribution in [-0.2, 0) is 10.0 Å². The van der Waals surface area contributed by atoms with Gasteiger partial charge in [0, 0.05) is 18.8 Å². The van der Waals surface area contributed by atoms with E-state index in [0.717, 1.165) is 25.8 Å². The van der Waals surface area contributed by atoms with Crippen LogP contribution in [-0.4, -0.2) is 43.2 Å². The predicted molar refractivity (Wildman–Crippen MR) is 88.2 cm³/mol. The van der Waals surface area contributed by atoms with Gasteiger partial charge >= 0.3 is 0 Å². The van der Waals surface area contributed by atoms with E-state index < -0.39 is 10.0 Å². The second-order valence-electron chi connectivity index (χ2n) is 5.52. The standard InChI is InChI=1S/C15H24N4O2S/c1-2-3-4-5-10-18-11-12-19(15(18)17)22(20,21)14-8-6-13(16)7-9-14/h6-9,17H,2-5,10-12,16H2,1H3. The van der Waals surface area contributed by atoms with E-state index in [2.05, 4.69) is 6.92 Å². The number of rotatable bonds is 7. The lowest BCUT2D eigenvalue weighted by molar-refractivity contribution is 0.435. The Morgan fingerprint density at radius 1 is 1.14 bits per heavy atom. The lowest BCUT2D eigenvalue weighted by atomic mass is 10.2. The summed E-state index contributed by atoms with van der Waals surface area (Å²) in [5.74, 6) is 0.0772. The molecule has 1 saturated heterocycles. The fraction of sp³-hybridized carbons (Fsp3) is 0.533. The molecule has 0 atom stereocenters. The lowest BCUT2D eigenvalue weighted by Crippen LogP contribution is -2.37. The van der Waals surface area contributed by atoms with Crippen molar-refractivity contribution in [3.05, 3.63) is 24.3 Å². The summed E-state index contributed by atoms with van der Waals surface area (Å²) in [4.78, 5) is 2.02. The van der Waals surface area contributed by atoms with Crippen LogP contribution in [0.2, 0.25) is 0 Å². The van der Waals surface area contributed by atoms with Crippen LogP contribution in [0, 0.1) is 5.41 Å². The first-order chi connectivity index (χ1) is 10.5. The van der Waals surface area contributed by atoms with E-state index >= 15 is 0 Å². The van der Waals surface area contributed by atoms with E-state index in [0.29, 0.717) is 18.8 Å². The molecule has 0 bridgehead atoms. The molecular formula is C15H24N4O2S. The third-order valence-electron chi connectivity index (χ3n) is 3.86. The summed E-state index contributed by atoms with van der Waals surface area (Å²) < 4.78 is 26.4. The molecule has 1 aromatic rings. The van der Waals surface area contributed by atoms with Gasteiger partial charge in [0.15, 0.2) is 0 Å². The van der Waals surface area contributed by atoms with E-state index in [1.807, 2.05) is 4.90 Å². The monoisotopic (exact) mass is 324 g/mol. The summed E-state index contributed by atoms with van der Waals surface area (Å²) in [6.45, 7) is 3.81. The maximum atomic E-state index is 12.6. The molecule has 1 aliphatic rings. The molecule has 6 nitrogen and oxygen atoms in total. The van der Waals surface area contributed by atoms with Gasteiger partial charge in [-0.25, -0.2) is 12.7 Å². The molecule has 0 radical (unpaired) electrons. The van der Waals surface area contributed by atoms with Crippen molar-refractivity contribution in [2.24, 2.45) is 0 Å². The zero-order valence-electron chi connectivity index (χ0n) is 13.0. The normalized spacial score (nSPS) is 15.6. The molecule has 1 fully saturated rings. The zero-order chi connectivity index (χ0) is 16.2. The number of hydrogen-bond donors (Lipinski definition) is 2. The molecule has 0 aliphatic carbocycles. The Labute approximate surface area is 132 Å². The molecular weight excluding hydrogens is 300 g/mol. The van der Waals surface area contributed by atoms with Crippen molar-refractivity contribution in [3.63, 3.8) is 0 Å². The van der Waals surface area contributed by atoms with Crippen LogP contribution in [0.1, 0.15) is 32.6 Å². The van der Waals surface area contributed by atoms with Crippen LogP contribution >= 0.6 is 0 Å². The first kappa shape index (κ1) is 16.6. The maximum absolute atomic E-state index is 12.6. The maximum Gasteiger partial charge on any atom is 0.266 e. The van der Waals surface area contributed by atoms with Crippen molar-refractivity contribution in [1.29, 1.82) is 5.41 Å². The molecule has 7 heteroatoms. The molecule has 22 heavy (non-hydrogen) atoms. The smallest absolute Gasteiger partial charge is 0.266 e. The predicted octanol–water partition coefficient (Wildman–Crippen LogP) is 2.09. The summed E-state index contributed by atoms with van der Waals surface area (Å²) in [6, 6.07) is 6.11. The number of nitrogens with one attached hydrogen (secondary N) is 1. The van der Waals surface area contributed by atoms with Gasteiger partial charge < -0.3 is 10.6 Å². The average Bonchev–Trinajstić information content (AvgIpc) is 2.86. The van der Waals surface area contributed by atoms with Crippen LogP contribution in [0.15, 0.2) is 29.2 Å². The van der Waals surface area contributed by atoms with E-state index in [4.69, 9.17) is 11.1 Å².